The smallest absolute Gasteiger partial charge is 0.326 e. The van der Waals surface area contributed by atoms with E-state index in [9.17, 15) is 18.3 Å². The van der Waals surface area contributed by atoms with E-state index in [2.05, 4.69) is 4.40 Å². The molecule has 1 aromatic rings. The Balaban J connectivity index is 2.08. The van der Waals surface area contributed by atoms with E-state index in [1.807, 2.05) is 0 Å². The molecule has 6 nitrogen and oxygen atoms in total. The third kappa shape index (κ3) is 1.98. The monoisotopic (exact) mass is 294 g/mol. The van der Waals surface area contributed by atoms with E-state index in [4.69, 9.17) is 0 Å². The minimum absolute atomic E-state index is 0.157. The van der Waals surface area contributed by atoms with Gasteiger partial charge in [-0.15, -0.1) is 4.40 Å². The average molecular weight is 294 g/mol. The van der Waals surface area contributed by atoms with Gasteiger partial charge in [0.15, 0.2) is 5.84 Å². The van der Waals surface area contributed by atoms with Crippen molar-refractivity contribution < 1.29 is 18.3 Å². The lowest BCUT2D eigenvalue weighted by Gasteiger charge is -2.34. The summed E-state index contributed by atoms with van der Waals surface area (Å²) in [4.78, 5) is 13.1. The molecule has 1 saturated heterocycles. The largest absolute Gasteiger partial charge is 0.480 e. The van der Waals surface area contributed by atoms with Gasteiger partial charge >= 0.3 is 5.97 Å². The van der Waals surface area contributed by atoms with Crippen molar-refractivity contribution in [1.82, 2.24) is 4.90 Å². The predicted molar refractivity (Wildman–Crippen MR) is 72.1 cm³/mol. The van der Waals surface area contributed by atoms with Crippen LogP contribution in [0, 0.1) is 0 Å². The molecule has 0 bridgehead atoms. The summed E-state index contributed by atoms with van der Waals surface area (Å²) < 4.78 is 27.8. The molecule has 7 heteroatoms. The maximum atomic E-state index is 12.0. The van der Waals surface area contributed by atoms with Crippen LogP contribution in [0.4, 0.5) is 0 Å². The Bertz CT molecular complexity index is 696. The van der Waals surface area contributed by atoms with Gasteiger partial charge in [-0.05, 0) is 31.4 Å². The molecule has 2 heterocycles. The lowest BCUT2D eigenvalue weighted by Crippen LogP contribution is -2.47. The molecule has 0 saturated carbocycles. The molecule has 0 radical (unpaired) electrons. The molecule has 2 aliphatic heterocycles. The molecule has 1 fully saturated rings. The number of likely N-dealkylation sites (tertiary alicyclic amines) is 1. The number of sulfonamides is 1. The van der Waals surface area contributed by atoms with Crippen molar-refractivity contribution in [3.63, 3.8) is 0 Å². The first-order valence-electron chi connectivity index (χ1n) is 6.44. The van der Waals surface area contributed by atoms with E-state index in [-0.39, 0.29) is 10.7 Å². The second kappa shape index (κ2) is 4.59. The summed E-state index contributed by atoms with van der Waals surface area (Å²) in [5.74, 6) is -0.665. The molecule has 0 amide bonds. The fourth-order valence-electron chi connectivity index (χ4n) is 2.74. The molecule has 0 spiro atoms. The van der Waals surface area contributed by atoms with E-state index in [0.717, 1.165) is 12.8 Å². The van der Waals surface area contributed by atoms with Gasteiger partial charge in [0.05, 0.1) is 0 Å². The molecule has 106 valence electrons. The molecule has 1 atom stereocenters. The first-order valence-corrected chi connectivity index (χ1v) is 7.88. The predicted octanol–water partition coefficient (Wildman–Crippen LogP) is 1.07. The molecule has 0 unspecified atom stereocenters. The highest BCUT2D eigenvalue weighted by Crippen LogP contribution is 2.30. The van der Waals surface area contributed by atoms with Crippen LogP contribution in [0.15, 0.2) is 33.6 Å². The average Bonchev–Trinajstić information content (AvgIpc) is 2.71. The number of amidine groups is 1. The number of hydrogen-bond acceptors (Lipinski definition) is 4. The SMILES string of the molecule is O=C(O)[C@H]1CCCCN1C1=NS(=O)(=O)c2ccccc21. The number of carbonyl (C=O) groups is 1. The van der Waals surface area contributed by atoms with Crippen LogP contribution in [-0.2, 0) is 14.8 Å². The summed E-state index contributed by atoms with van der Waals surface area (Å²) in [7, 11) is -3.70. The van der Waals surface area contributed by atoms with E-state index < -0.39 is 22.0 Å². The van der Waals surface area contributed by atoms with E-state index >= 15 is 0 Å². The minimum Gasteiger partial charge on any atom is -0.480 e. The Morgan fingerprint density at radius 1 is 1.30 bits per heavy atom. The minimum atomic E-state index is -3.70. The summed E-state index contributed by atoms with van der Waals surface area (Å²) >= 11 is 0. The number of rotatable bonds is 1. The van der Waals surface area contributed by atoms with Gasteiger partial charge in [-0.2, -0.15) is 8.42 Å². The molecular weight excluding hydrogens is 280 g/mol. The molecular formula is C13H14N2O4S. The van der Waals surface area contributed by atoms with E-state index in [1.54, 1.807) is 23.1 Å². The number of carboxylic acids is 1. The van der Waals surface area contributed by atoms with Gasteiger partial charge in [0, 0.05) is 12.1 Å². The van der Waals surface area contributed by atoms with Gasteiger partial charge in [-0.1, -0.05) is 12.1 Å². The third-order valence-electron chi connectivity index (χ3n) is 3.67. The van der Waals surface area contributed by atoms with Gasteiger partial charge < -0.3 is 10.0 Å². The first kappa shape index (κ1) is 13.1. The number of benzene rings is 1. The molecule has 1 aromatic carbocycles. The Kier molecular flexibility index (Phi) is 3.01. The summed E-state index contributed by atoms with van der Waals surface area (Å²) in [6.45, 7) is 0.514. The zero-order valence-electron chi connectivity index (χ0n) is 10.7. The number of carboxylic acid groups (broad SMARTS) is 1. The quantitative estimate of drug-likeness (QED) is 0.837. The van der Waals surface area contributed by atoms with Crippen LogP contribution in [0.5, 0.6) is 0 Å². The van der Waals surface area contributed by atoms with Crippen LogP contribution in [0.3, 0.4) is 0 Å². The molecule has 0 aliphatic carbocycles. The second-order valence-electron chi connectivity index (χ2n) is 4.93. The van der Waals surface area contributed by atoms with E-state index in [0.29, 0.717) is 18.5 Å². The fourth-order valence-corrected chi connectivity index (χ4v) is 3.95. The summed E-state index contributed by atoms with van der Waals surface area (Å²) in [6, 6.07) is 5.84. The number of hydrogen-bond donors (Lipinski definition) is 1. The maximum Gasteiger partial charge on any atom is 0.326 e. The summed E-state index contributed by atoms with van der Waals surface area (Å²) in [5, 5.41) is 9.30. The number of aliphatic carboxylic acids is 1. The van der Waals surface area contributed by atoms with Crippen molar-refractivity contribution in [3.8, 4) is 0 Å². The lowest BCUT2D eigenvalue weighted by molar-refractivity contribution is -0.142. The Morgan fingerprint density at radius 2 is 2.05 bits per heavy atom. The Morgan fingerprint density at radius 3 is 2.80 bits per heavy atom. The zero-order chi connectivity index (χ0) is 14.3. The van der Waals surface area contributed by atoms with Gasteiger partial charge in [-0.25, -0.2) is 4.79 Å². The number of nitrogens with zero attached hydrogens (tertiary/aromatic N) is 2. The second-order valence-corrected chi connectivity index (χ2v) is 6.50. The fraction of sp³-hybridized carbons (Fsp3) is 0.385. The highest BCUT2D eigenvalue weighted by Gasteiger charge is 2.37. The van der Waals surface area contributed by atoms with Crippen molar-refractivity contribution in [3.05, 3.63) is 29.8 Å². The summed E-state index contributed by atoms with van der Waals surface area (Å²) in [5.41, 5.74) is 0.501. The maximum absolute atomic E-state index is 12.0. The van der Waals surface area contributed by atoms with Crippen molar-refractivity contribution in [2.24, 2.45) is 4.40 Å². The third-order valence-corrected chi connectivity index (χ3v) is 5.00. The Hall–Kier alpha value is -1.89. The molecule has 3 rings (SSSR count). The van der Waals surface area contributed by atoms with Crippen LogP contribution in [0.25, 0.3) is 0 Å². The van der Waals surface area contributed by atoms with Crippen molar-refractivity contribution in [1.29, 1.82) is 0 Å². The van der Waals surface area contributed by atoms with Crippen LogP contribution in [-0.4, -0.2) is 42.8 Å². The molecule has 1 N–H and O–H groups in total. The first-order chi connectivity index (χ1) is 9.50. The number of fused-ring (bicyclic) bond motifs is 1. The zero-order valence-corrected chi connectivity index (χ0v) is 11.5. The van der Waals surface area contributed by atoms with Gasteiger partial charge in [-0.3, -0.25) is 0 Å². The van der Waals surface area contributed by atoms with Crippen molar-refractivity contribution >= 4 is 21.8 Å². The van der Waals surface area contributed by atoms with Crippen molar-refractivity contribution in [2.75, 3.05) is 6.54 Å². The summed E-state index contributed by atoms with van der Waals surface area (Å²) in [6.07, 6.45) is 2.18. The number of piperidine rings is 1. The van der Waals surface area contributed by atoms with Crippen LogP contribution >= 0.6 is 0 Å². The molecule has 0 aromatic heterocycles. The topological polar surface area (TPSA) is 87.0 Å². The highest BCUT2D eigenvalue weighted by atomic mass is 32.2. The Labute approximate surface area is 116 Å². The normalized spacial score (nSPS) is 24.1. The highest BCUT2D eigenvalue weighted by molar-refractivity contribution is 7.90. The standard InChI is InChI=1S/C13H14N2O4S/c16-13(17)10-6-3-4-8-15(10)12-9-5-1-2-7-11(9)20(18,19)14-12/h1-2,5,7,10H,3-4,6,8H2,(H,16,17)/t10-/m1/s1. The molecule has 2 aliphatic rings. The van der Waals surface area contributed by atoms with Crippen LogP contribution < -0.4 is 0 Å². The molecule has 20 heavy (non-hydrogen) atoms. The van der Waals surface area contributed by atoms with Gasteiger partial charge in [0.25, 0.3) is 10.0 Å². The van der Waals surface area contributed by atoms with Gasteiger partial charge in [0.1, 0.15) is 10.9 Å². The van der Waals surface area contributed by atoms with Crippen molar-refractivity contribution in [2.45, 2.75) is 30.2 Å². The van der Waals surface area contributed by atoms with Gasteiger partial charge in [0.2, 0.25) is 0 Å². The van der Waals surface area contributed by atoms with Crippen LogP contribution in [0.1, 0.15) is 24.8 Å². The lowest BCUT2D eigenvalue weighted by atomic mass is 10.0. The van der Waals surface area contributed by atoms with Crippen LogP contribution in [0.2, 0.25) is 0 Å². The van der Waals surface area contributed by atoms with E-state index in [1.165, 1.54) is 6.07 Å².